The van der Waals surface area contributed by atoms with E-state index < -0.39 is 15.7 Å². The first-order chi connectivity index (χ1) is 17.4. The number of sulfone groups is 1. The van der Waals surface area contributed by atoms with Crippen molar-refractivity contribution < 1.29 is 22.3 Å². The second-order valence-corrected chi connectivity index (χ2v) is 10.7. The molecule has 1 fully saturated rings. The van der Waals surface area contributed by atoms with E-state index in [4.69, 9.17) is 4.74 Å². The normalized spacial score (nSPS) is 15.7. The number of halogens is 1. The molecule has 0 saturated carbocycles. The SMILES string of the molecule is CCNC(=O)N(Cc1cnc(S(=O)(=O)Cc2ccc(F)cc2)n1Cc1ccccc1)CC1CCCO1. The van der Waals surface area contributed by atoms with Gasteiger partial charge in [0.05, 0.1) is 36.8 Å². The first-order valence-electron chi connectivity index (χ1n) is 12.1. The van der Waals surface area contributed by atoms with E-state index in [-0.39, 0.29) is 36.1 Å². The molecule has 1 atom stereocenters. The van der Waals surface area contributed by atoms with Crippen molar-refractivity contribution in [3.63, 3.8) is 0 Å². The van der Waals surface area contributed by atoms with Gasteiger partial charge in [0.2, 0.25) is 15.0 Å². The standard InChI is InChI=1S/C26H31FN4O4S/c1-2-28-25(32)30(18-24-9-6-14-35-24)17-23-15-29-26(31(23)16-20-7-4-3-5-8-20)36(33,34)19-21-10-12-22(27)13-11-21/h3-5,7-8,10-13,15,24H,2,6,9,14,16-19H2,1H3,(H,28,32). The molecule has 4 rings (SSSR count). The Morgan fingerprint density at radius 2 is 1.92 bits per heavy atom. The van der Waals surface area contributed by atoms with Crippen molar-refractivity contribution in [1.82, 2.24) is 19.8 Å². The maximum atomic E-state index is 13.4. The minimum atomic E-state index is -3.86. The zero-order valence-corrected chi connectivity index (χ0v) is 21.1. The lowest BCUT2D eigenvalue weighted by Gasteiger charge is -2.26. The highest BCUT2D eigenvalue weighted by Gasteiger charge is 2.27. The fraction of sp³-hybridized carbons (Fsp3) is 0.385. The Bertz CT molecular complexity index is 1260. The van der Waals surface area contributed by atoms with Gasteiger partial charge >= 0.3 is 6.03 Å². The highest BCUT2D eigenvalue weighted by molar-refractivity contribution is 7.90. The first kappa shape index (κ1) is 25.8. The molecule has 1 saturated heterocycles. The number of amides is 2. The van der Waals surface area contributed by atoms with Crippen molar-refractivity contribution in [1.29, 1.82) is 0 Å². The highest BCUT2D eigenvalue weighted by atomic mass is 32.2. The van der Waals surface area contributed by atoms with E-state index in [9.17, 15) is 17.6 Å². The Morgan fingerprint density at radius 1 is 1.17 bits per heavy atom. The van der Waals surface area contributed by atoms with Crippen LogP contribution in [0.25, 0.3) is 0 Å². The van der Waals surface area contributed by atoms with Crippen LogP contribution in [0, 0.1) is 5.82 Å². The van der Waals surface area contributed by atoms with Gasteiger partial charge in [0.15, 0.2) is 0 Å². The first-order valence-corrected chi connectivity index (χ1v) is 13.7. The number of nitrogens with zero attached hydrogens (tertiary/aromatic N) is 3. The molecule has 2 aromatic carbocycles. The van der Waals surface area contributed by atoms with Gasteiger partial charge in [-0.25, -0.2) is 22.6 Å². The summed E-state index contributed by atoms with van der Waals surface area (Å²) in [7, 11) is -3.86. The van der Waals surface area contributed by atoms with Crippen molar-refractivity contribution in [2.45, 2.75) is 49.9 Å². The molecule has 1 aliphatic heterocycles. The summed E-state index contributed by atoms with van der Waals surface area (Å²) < 4.78 is 47.6. The Labute approximate surface area is 211 Å². The molecule has 0 aliphatic carbocycles. The number of rotatable bonds is 10. The molecule has 1 unspecified atom stereocenters. The summed E-state index contributed by atoms with van der Waals surface area (Å²) in [5.41, 5.74) is 1.97. The van der Waals surface area contributed by atoms with Crippen molar-refractivity contribution in [3.8, 4) is 0 Å². The predicted molar refractivity (Wildman–Crippen MR) is 134 cm³/mol. The Hall–Kier alpha value is -3.24. The van der Waals surface area contributed by atoms with Crippen LogP contribution in [-0.2, 0) is 33.4 Å². The summed E-state index contributed by atoms with van der Waals surface area (Å²) in [6, 6.07) is 14.6. The van der Waals surface area contributed by atoms with Crippen LogP contribution in [-0.4, -0.2) is 54.7 Å². The molecule has 10 heteroatoms. The van der Waals surface area contributed by atoms with E-state index in [1.807, 2.05) is 37.3 Å². The van der Waals surface area contributed by atoms with Crippen LogP contribution >= 0.6 is 0 Å². The third kappa shape index (κ3) is 6.50. The third-order valence-electron chi connectivity index (χ3n) is 6.05. The van der Waals surface area contributed by atoms with Crippen LogP contribution in [0.4, 0.5) is 9.18 Å². The van der Waals surface area contributed by atoms with Crippen molar-refractivity contribution in [2.75, 3.05) is 19.7 Å². The van der Waals surface area contributed by atoms with E-state index in [1.54, 1.807) is 9.47 Å². The van der Waals surface area contributed by atoms with Crippen molar-refractivity contribution >= 4 is 15.9 Å². The molecule has 192 valence electrons. The fourth-order valence-electron chi connectivity index (χ4n) is 4.28. The zero-order chi connectivity index (χ0) is 25.5. The van der Waals surface area contributed by atoms with Crippen molar-refractivity contribution in [2.24, 2.45) is 0 Å². The van der Waals surface area contributed by atoms with E-state index >= 15 is 0 Å². The molecule has 1 aromatic heterocycles. The summed E-state index contributed by atoms with van der Waals surface area (Å²) in [6.07, 6.45) is 3.28. The maximum absolute atomic E-state index is 13.4. The lowest BCUT2D eigenvalue weighted by molar-refractivity contribution is 0.0789. The lowest BCUT2D eigenvalue weighted by Crippen LogP contribution is -2.43. The predicted octanol–water partition coefficient (Wildman–Crippen LogP) is 3.75. The Kier molecular flexibility index (Phi) is 8.37. The molecular weight excluding hydrogens is 483 g/mol. The summed E-state index contributed by atoms with van der Waals surface area (Å²) in [4.78, 5) is 18.8. The van der Waals surface area contributed by atoms with Crippen LogP contribution in [0.3, 0.4) is 0 Å². The Morgan fingerprint density at radius 3 is 2.58 bits per heavy atom. The molecule has 36 heavy (non-hydrogen) atoms. The molecule has 0 bridgehead atoms. The number of nitrogens with one attached hydrogen (secondary N) is 1. The van der Waals surface area contributed by atoms with E-state index in [2.05, 4.69) is 10.3 Å². The van der Waals surface area contributed by atoms with Gasteiger partial charge in [0.25, 0.3) is 0 Å². The second-order valence-electron chi connectivity index (χ2n) is 8.84. The number of urea groups is 1. The molecule has 1 N–H and O–H groups in total. The largest absolute Gasteiger partial charge is 0.376 e. The average molecular weight is 515 g/mol. The lowest BCUT2D eigenvalue weighted by atomic mass is 10.2. The number of hydrogen-bond acceptors (Lipinski definition) is 5. The van der Waals surface area contributed by atoms with Gasteiger partial charge < -0.3 is 19.5 Å². The topological polar surface area (TPSA) is 93.5 Å². The number of carbonyl (C=O) groups is 1. The zero-order valence-electron chi connectivity index (χ0n) is 20.3. The Balaban J connectivity index is 1.67. The highest BCUT2D eigenvalue weighted by Crippen LogP contribution is 2.22. The molecule has 1 aliphatic rings. The molecule has 0 spiro atoms. The fourth-order valence-corrected chi connectivity index (χ4v) is 5.77. The average Bonchev–Trinajstić information content (AvgIpc) is 3.51. The molecule has 3 aromatic rings. The van der Waals surface area contributed by atoms with Gasteiger partial charge in [-0.3, -0.25) is 0 Å². The number of benzene rings is 2. The summed E-state index contributed by atoms with van der Waals surface area (Å²) >= 11 is 0. The quantitative estimate of drug-likeness (QED) is 0.445. The van der Waals surface area contributed by atoms with Gasteiger partial charge in [0.1, 0.15) is 5.82 Å². The second kappa shape index (κ2) is 11.7. The monoisotopic (exact) mass is 514 g/mol. The summed E-state index contributed by atoms with van der Waals surface area (Å²) in [6.45, 7) is 3.85. The third-order valence-corrected chi connectivity index (χ3v) is 7.64. The van der Waals surface area contributed by atoms with E-state index in [1.165, 1.54) is 30.5 Å². The van der Waals surface area contributed by atoms with Crippen LogP contribution in [0.5, 0.6) is 0 Å². The molecule has 2 amide bonds. The summed E-state index contributed by atoms with van der Waals surface area (Å²) in [5.74, 6) is -0.741. The van der Waals surface area contributed by atoms with Gasteiger partial charge in [-0.1, -0.05) is 42.5 Å². The van der Waals surface area contributed by atoms with Crippen LogP contribution in [0.15, 0.2) is 66.0 Å². The van der Waals surface area contributed by atoms with Crippen LogP contribution in [0.2, 0.25) is 0 Å². The van der Waals surface area contributed by atoms with Crippen LogP contribution in [0.1, 0.15) is 36.6 Å². The van der Waals surface area contributed by atoms with Gasteiger partial charge in [-0.05, 0) is 43.0 Å². The van der Waals surface area contributed by atoms with Gasteiger partial charge in [-0.2, -0.15) is 0 Å². The van der Waals surface area contributed by atoms with E-state index in [0.717, 1.165) is 18.4 Å². The van der Waals surface area contributed by atoms with Gasteiger partial charge in [-0.15, -0.1) is 0 Å². The molecule has 2 heterocycles. The molecule has 0 radical (unpaired) electrons. The minimum absolute atomic E-state index is 0.0558. The minimum Gasteiger partial charge on any atom is -0.376 e. The number of carbonyl (C=O) groups excluding carboxylic acids is 1. The molecular formula is C26H31FN4O4S. The number of imidazole rings is 1. The summed E-state index contributed by atoms with van der Waals surface area (Å²) in [5, 5.41) is 2.75. The number of hydrogen-bond donors (Lipinski definition) is 1. The molecule has 8 nitrogen and oxygen atoms in total. The number of aromatic nitrogens is 2. The maximum Gasteiger partial charge on any atom is 0.317 e. The van der Waals surface area contributed by atoms with E-state index in [0.29, 0.717) is 31.0 Å². The van der Waals surface area contributed by atoms with Crippen molar-refractivity contribution in [3.05, 3.63) is 83.4 Å². The number of ether oxygens (including phenoxy) is 1. The van der Waals surface area contributed by atoms with Crippen LogP contribution < -0.4 is 5.32 Å². The smallest absolute Gasteiger partial charge is 0.317 e. The van der Waals surface area contributed by atoms with Gasteiger partial charge in [0, 0.05) is 19.7 Å².